The lowest BCUT2D eigenvalue weighted by Gasteiger charge is -2.09. The molecule has 0 saturated heterocycles. The van der Waals surface area contributed by atoms with Crippen LogP contribution in [0.1, 0.15) is 11.3 Å². The Kier molecular flexibility index (Phi) is 2.79. The van der Waals surface area contributed by atoms with Gasteiger partial charge in [0, 0.05) is 12.6 Å². The van der Waals surface area contributed by atoms with Crippen LogP contribution in [0.25, 0.3) is 11.3 Å². The Morgan fingerprint density at radius 2 is 2.00 bits per heavy atom. The second-order valence-corrected chi connectivity index (χ2v) is 4.15. The van der Waals surface area contributed by atoms with Gasteiger partial charge in [-0.1, -0.05) is 0 Å². The van der Waals surface area contributed by atoms with E-state index in [0.29, 0.717) is 5.95 Å². The largest absolute Gasteiger partial charge is 0.496 e. The summed E-state index contributed by atoms with van der Waals surface area (Å²) in [6, 6.07) is 6.07. The summed E-state index contributed by atoms with van der Waals surface area (Å²) in [5, 5.41) is 0. The number of aryl methyl sites for hydroxylation is 2. The van der Waals surface area contributed by atoms with Crippen LogP contribution in [0.2, 0.25) is 0 Å². The molecule has 4 heteroatoms. The van der Waals surface area contributed by atoms with E-state index in [1.54, 1.807) is 7.11 Å². The molecule has 2 aromatic rings. The minimum atomic E-state index is 0.533. The monoisotopic (exact) mass is 231 g/mol. The summed E-state index contributed by atoms with van der Waals surface area (Å²) < 4.78 is 7.15. The Balaban J connectivity index is 2.57. The summed E-state index contributed by atoms with van der Waals surface area (Å²) in [4.78, 5) is 4.27. The fraction of sp³-hybridized carbons (Fsp3) is 0.308. The molecule has 0 atom stereocenters. The van der Waals surface area contributed by atoms with Crippen LogP contribution in [0.5, 0.6) is 5.75 Å². The molecule has 0 amide bonds. The van der Waals surface area contributed by atoms with E-state index in [1.807, 2.05) is 37.6 Å². The van der Waals surface area contributed by atoms with Crippen molar-refractivity contribution in [1.82, 2.24) is 9.55 Å². The SMILES string of the molecule is COc1ccc(-c2c(C)nc(N)n2C)cc1C. The number of nitrogens with two attached hydrogens (primary N) is 1. The van der Waals surface area contributed by atoms with Crippen LogP contribution in [0.3, 0.4) is 0 Å². The third kappa shape index (κ3) is 1.86. The van der Waals surface area contributed by atoms with E-state index in [1.165, 1.54) is 0 Å². The highest BCUT2D eigenvalue weighted by atomic mass is 16.5. The Morgan fingerprint density at radius 3 is 2.47 bits per heavy atom. The summed E-state index contributed by atoms with van der Waals surface area (Å²) in [7, 11) is 3.60. The van der Waals surface area contributed by atoms with Gasteiger partial charge in [-0.2, -0.15) is 0 Å². The van der Waals surface area contributed by atoms with E-state index in [0.717, 1.165) is 28.3 Å². The third-order valence-electron chi connectivity index (χ3n) is 2.97. The molecular weight excluding hydrogens is 214 g/mol. The zero-order valence-electron chi connectivity index (χ0n) is 10.6. The first-order valence-electron chi connectivity index (χ1n) is 5.48. The maximum atomic E-state index is 5.80. The zero-order valence-corrected chi connectivity index (χ0v) is 10.6. The number of rotatable bonds is 2. The van der Waals surface area contributed by atoms with Gasteiger partial charge in [0.15, 0.2) is 0 Å². The van der Waals surface area contributed by atoms with E-state index in [4.69, 9.17) is 10.5 Å². The number of benzene rings is 1. The normalized spacial score (nSPS) is 10.6. The Morgan fingerprint density at radius 1 is 1.29 bits per heavy atom. The lowest BCUT2D eigenvalue weighted by atomic mass is 10.1. The van der Waals surface area contributed by atoms with Crippen LogP contribution >= 0.6 is 0 Å². The molecule has 0 aliphatic carbocycles. The van der Waals surface area contributed by atoms with E-state index in [-0.39, 0.29) is 0 Å². The van der Waals surface area contributed by atoms with Gasteiger partial charge in [0.1, 0.15) is 5.75 Å². The van der Waals surface area contributed by atoms with Crippen molar-refractivity contribution in [2.75, 3.05) is 12.8 Å². The number of hydrogen-bond donors (Lipinski definition) is 1. The number of nitrogens with zero attached hydrogens (tertiary/aromatic N) is 2. The average Bonchev–Trinajstić information content (AvgIpc) is 2.53. The average molecular weight is 231 g/mol. The molecule has 90 valence electrons. The maximum Gasteiger partial charge on any atom is 0.200 e. The number of methoxy groups -OCH3 is 1. The van der Waals surface area contributed by atoms with Crippen LogP contribution in [0.4, 0.5) is 5.95 Å². The third-order valence-corrected chi connectivity index (χ3v) is 2.97. The predicted octanol–water partition coefficient (Wildman–Crippen LogP) is 2.29. The van der Waals surface area contributed by atoms with Gasteiger partial charge in [0.25, 0.3) is 0 Å². The summed E-state index contributed by atoms with van der Waals surface area (Å²) in [6.07, 6.45) is 0. The number of aromatic nitrogens is 2. The molecule has 17 heavy (non-hydrogen) atoms. The number of imidazole rings is 1. The quantitative estimate of drug-likeness (QED) is 0.862. The molecule has 0 spiro atoms. The molecule has 2 N–H and O–H groups in total. The van der Waals surface area contributed by atoms with Gasteiger partial charge in [-0.25, -0.2) is 4.98 Å². The first kappa shape index (κ1) is 11.5. The zero-order chi connectivity index (χ0) is 12.6. The fourth-order valence-corrected chi connectivity index (χ4v) is 2.09. The Bertz CT molecular complexity index is 558. The summed E-state index contributed by atoms with van der Waals surface area (Å²) in [6.45, 7) is 3.99. The molecule has 0 fully saturated rings. The first-order valence-corrected chi connectivity index (χ1v) is 5.48. The summed E-state index contributed by atoms with van der Waals surface area (Å²) in [5.41, 5.74) is 9.99. The van der Waals surface area contributed by atoms with Crippen molar-refractivity contribution in [1.29, 1.82) is 0 Å². The van der Waals surface area contributed by atoms with E-state index < -0.39 is 0 Å². The van der Waals surface area contributed by atoms with Crippen molar-refractivity contribution in [3.63, 3.8) is 0 Å². The van der Waals surface area contributed by atoms with Gasteiger partial charge in [0.05, 0.1) is 18.5 Å². The molecule has 0 saturated carbocycles. The molecule has 0 unspecified atom stereocenters. The molecule has 0 aliphatic heterocycles. The smallest absolute Gasteiger partial charge is 0.200 e. The number of anilines is 1. The minimum absolute atomic E-state index is 0.533. The van der Waals surface area contributed by atoms with Crippen LogP contribution in [-0.2, 0) is 7.05 Å². The van der Waals surface area contributed by atoms with Crippen LogP contribution in [0, 0.1) is 13.8 Å². The highest BCUT2D eigenvalue weighted by Crippen LogP contribution is 2.29. The van der Waals surface area contributed by atoms with E-state index >= 15 is 0 Å². The highest BCUT2D eigenvalue weighted by Gasteiger charge is 2.12. The molecule has 0 radical (unpaired) electrons. The van der Waals surface area contributed by atoms with E-state index in [9.17, 15) is 0 Å². The molecule has 2 rings (SSSR count). The summed E-state index contributed by atoms with van der Waals surface area (Å²) in [5.74, 6) is 1.42. The molecule has 1 aromatic heterocycles. The molecule has 1 aromatic carbocycles. The van der Waals surface area contributed by atoms with Crippen LogP contribution in [0.15, 0.2) is 18.2 Å². The van der Waals surface area contributed by atoms with Gasteiger partial charge >= 0.3 is 0 Å². The van der Waals surface area contributed by atoms with Crippen molar-refractivity contribution in [3.8, 4) is 17.0 Å². The van der Waals surface area contributed by atoms with Crippen LogP contribution < -0.4 is 10.5 Å². The summed E-state index contributed by atoms with van der Waals surface area (Å²) >= 11 is 0. The van der Waals surface area contributed by atoms with Gasteiger partial charge < -0.3 is 15.0 Å². The van der Waals surface area contributed by atoms with Gasteiger partial charge in [-0.3, -0.25) is 0 Å². The minimum Gasteiger partial charge on any atom is -0.496 e. The fourth-order valence-electron chi connectivity index (χ4n) is 2.09. The number of ether oxygens (including phenoxy) is 1. The van der Waals surface area contributed by atoms with Crippen LogP contribution in [-0.4, -0.2) is 16.7 Å². The Hall–Kier alpha value is -1.97. The van der Waals surface area contributed by atoms with E-state index in [2.05, 4.69) is 11.1 Å². The first-order chi connectivity index (χ1) is 8.04. The Labute approximate surface area is 101 Å². The lowest BCUT2D eigenvalue weighted by molar-refractivity contribution is 0.412. The highest BCUT2D eigenvalue weighted by molar-refractivity contribution is 5.66. The van der Waals surface area contributed by atoms with Crippen molar-refractivity contribution >= 4 is 5.95 Å². The van der Waals surface area contributed by atoms with Gasteiger partial charge in [-0.05, 0) is 37.6 Å². The van der Waals surface area contributed by atoms with Crippen molar-refractivity contribution in [2.45, 2.75) is 13.8 Å². The second kappa shape index (κ2) is 4.13. The number of nitrogen functional groups attached to an aromatic ring is 1. The van der Waals surface area contributed by atoms with Crippen molar-refractivity contribution in [2.24, 2.45) is 7.05 Å². The molecule has 0 aliphatic rings. The van der Waals surface area contributed by atoms with Gasteiger partial charge in [0.2, 0.25) is 5.95 Å². The molecular formula is C13H17N3O. The van der Waals surface area contributed by atoms with Gasteiger partial charge in [-0.15, -0.1) is 0 Å². The molecule has 1 heterocycles. The van der Waals surface area contributed by atoms with Crippen molar-refractivity contribution in [3.05, 3.63) is 29.5 Å². The lowest BCUT2D eigenvalue weighted by Crippen LogP contribution is -1.99. The molecule has 0 bridgehead atoms. The standard InChI is InChI=1S/C13H17N3O/c1-8-7-10(5-6-11(8)17-4)12-9(2)15-13(14)16(12)3/h5-7H,1-4H3,(H2,14,15). The molecule has 4 nitrogen and oxygen atoms in total. The van der Waals surface area contributed by atoms with Crippen molar-refractivity contribution < 1.29 is 4.74 Å². The topological polar surface area (TPSA) is 53.1 Å². The second-order valence-electron chi connectivity index (χ2n) is 4.15. The predicted molar refractivity (Wildman–Crippen MR) is 69.1 cm³/mol. The maximum absolute atomic E-state index is 5.80. The number of hydrogen-bond acceptors (Lipinski definition) is 3.